The molecule has 4 heteroatoms. The average molecular weight is 333 g/mol. The molecule has 2 aromatic heterocycles. The van der Waals surface area contributed by atoms with E-state index in [1.54, 1.807) is 0 Å². The summed E-state index contributed by atoms with van der Waals surface area (Å²) >= 11 is 0. The number of fused-ring (bicyclic) bond motifs is 1. The second-order valence-corrected chi connectivity index (χ2v) is 7.03. The van der Waals surface area contributed by atoms with Gasteiger partial charge in [-0.3, -0.25) is 9.97 Å². The van der Waals surface area contributed by atoms with Crippen LogP contribution in [-0.4, -0.2) is 16.6 Å². The second kappa shape index (κ2) is 6.93. The fourth-order valence-corrected chi connectivity index (χ4v) is 4.10. The van der Waals surface area contributed by atoms with E-state index in [-0.39, 0.29) is 6.10 Å². The highest BCUT2D eigenvalue weighted by molar-refractivity contribution is 5.76. The van der Waals surface area contributed by atoms with Crippen LogP contribution in [0, 0.1) is 18.3 Å². The molecule has 4 rings (SSSR count). The van der Waals surface area contributed by atoms with E-state index in [1.165, 1.54) is 24.1 Å². The molecule has 4 nitrogen and oxygen atoms in total. The molecule has 1 aliphatic heterocycles. The lowest BCUT2D eigenvalue weighted by Gasteiger charge is -2.20. The summed E-state index contributed by atoms with van der Waals surface area (Å²) in [6.07, 6.45) is 9.35. The third-order valence-electron chi connectivity index (χ3n) is 5.28. The first kappa shape index (κ1) is 16.2. The van der Waals surface area contributed by atoms with Crippen LogP contribution in [-0.2, 0) is 17.6 Å². The number of aromatic nitrogens is 2. The summed E-state index contributed by atoms with van der Waals surface area (Å²) in [5.41, 5.74) is 7.13. The van der Waals surface area contributed by atoms with E-state index in [4.69, 9.17) is 9.72 Å². The van der Waals surface area contributed by atoms with Gasteiger partial charge in [0.05, 0.1) is 11.3 Å². The maximum atomic E-state index is 10.0. The Kier molecular flexibility index (Phi) is 4.50. The van der Waals surface area contributed by atoms with Crippen molar-refractivity contribution in [2.75, 3.05) is 6.61 Å². The minimum absolute atomic E-state index is 0.0371. The second-order valence-electron chi connectivity index (χ2n) is 7.03. The van der Waals surface area contributed by atoms with E-state index >= 15 is 0 Å². The van der Waals surface area contributed by atoms with Crippen LogP contribution < -0.4 is 0 Å². The zero-order chi connectivity index (χ0) is 17.2. The van der Waals surface area contributed by atoms with Crippen LogP contribution in [0.1, 0.15) is 66.4 Å². The van der Waals surface area contributed by atoms with Crippen LogP contribution in [0.5, 0.6) is 0 Å². The Labute approximate surface area is 148 Å². The molecule has 128 valence electrons. The van der Waals surface area contributed by atoms with Gasteiger partial charge in [-0.1, -0.05) is 6.42 Å². The number of hydrogen-bond acceptors (Lipinski definition) is 4. The Hall–Kier alpha value is -2.25. The summed E-state index contributed by atoms with van der Waals surface area (Å²) < 4.78 is 5.89. The molecule has 0 saturated carbocycles. The van der Waals surface area contributed by atoms with Crippen molar-refractivity contribution in [1.29, 1.82) is 5.26 Å². The van der Waals surface area contributed by atoms with Gasteiger partial charge in [0.15, 0.2) is 0 Å². The first-order chi connectivity index (χ1) is 12.3. The number of ether oxygens (including phenoxy) is 1. The molecule has 1 atom stereocenters. The Bertz CT molecular complexity index is 832. The number of hydrogen-bond donors (Lipinski definition) is 0. The van der Waals surface area contributed by atoms with E-state index in [9.17, 15) is 5.26 Å². The van der Waals surface area contributed by atoms with Crippen LogP contribution in [0.25, 0.3) is 11.1 Å². The average Bonchev–Trinajstić information content (AvgIpc) is 3.05. The van der Waals surface area contributed by atoms with E-state index in [0.29, 0.717) is 5.56 Å². The standard InChI is InChI=1S/C21H23N3O/c1-14-12-15(9-10-23-14)20-16-6-3-2-4-7-18(16)24-21(17(20)13-22)19-8-5-11-25-19/h9-10,12,19H,2-8,11H2,1H3/t19-/m1/s1. The maximum Gasteiger partial charge on any atom is 0.102 e. The summed E-state index contributed by atoms with van der Waals surface area (Å²) in [6, 6.07) is 6.57. The van der Waals surface area contributed by atoms with Gasteiger partial charge in [-0.15, -0.1) is 0 Å². The molecule has 1 fully saturated rings. The van der Waals surface area contributed by atoms with Crippen molar-refractivity contribution in [2.45, 2.75) is 58.0 Å². The summed E-state index contributed by atoms with van der Waals surface area (Å²) in [7, 11) is 0. The fourth-order valence-electron chi connectivity index (χ4n) is 4.10. The Morgan fingerprint density at radius 2 is 2.08 bits per heavy atom. The largest absolute Gasteiger partial charge is 0.372 e. The number of rotatable bonds is 2. The van der Waals surface area contributed by atoms with Crippen LogP contribution in [0.2, 0.25) is 0 Å². The topological polar surface area (TPSA) is 58.8 Å². The van der Waals surface area contributed by atoms with Crippen LogP contribution in [0.4, 0.5) is 0 Å². The molecular weight excluding hydrogens is 310 g/mol. The zero-order valence-corrected chi connectivity index (χ0v) is 14.7. The van der Waals surface area contributed by atoms with E-state index in [1.807, 2.05) is 19.2 Å². The van der Waals surface area contributed by atoms with Crippen molar-refractivity contribution >= 4 is 0 Å². The molecule has 1 saturated heterocycles. The third kappa shape index (κ3) is 3.05. The van der Waals surface area contributed by atoms with E-state index < -0.39 is 0 Å². The van der Waals surface area contributed by atoms with Crippen LogP contribution in [0.15, 0.2) is 18.3 Å². The highest BCUT2D eigenvalue weighted by Crippen LogP contribution is 2.39. The minimum Gasteiger partial charge on any atom is -0.372 e. The molecule has 0 unspecified atom stereocenters. The molecule has 0 amide bonds. The molecular formula is C21H23N3O. The third-order valence-corrected chi connectivity index (χ3v) is 5.28. The summed E-state index contributed by atoms with van der Waals surface area (Å²) in [5, 5.41) is 10.0. The van der Waals surface area contributed by atoms with Crippen LogP contribution >= 0.6 is 0 Å². The number of aryl methyl sites for hydroxylation is 2. The number of nitriles is 1. The van der Waals surface area contributed by atoms with Gasteiger partial charge in [0.2, 0.25) is 0 Å². The SMILES string of the molecule is Cc1cc(-c2c(C#N)c([C@H]3CCCO3)nc3c2CCCCC3)ccn1. The smallest absolute Gasteiger partial charge is 0.102 e. The highest BCUT2D eigenvalue weighted by atomic mass is 16.5. The molecule has 0 N–H and O–H groups in total. The van der Waals surface area contributed by atoms with Crippen molar-refractivity contribution in [3.8, 4) is 17.2 Å². The lowest BCUT2D eigenvalue weighted by atomic mass is 9.89. The van der Waals surface area contributed by atoms with Gasteiger partial charge in [0, 0.05) is 29.8 Å². The fraction of sp³-hybridized carbons (Fsp3) is 0.476. The van der Waals surface area contributed by atoms with Crippen molar-refractivity contribution in [2.24, 2.45) is 0 Å². The quantitative estimate of drug-likeness (QED) is 0.762. The molecule has 0 bridgehead atoms. The lowest BCUT2D eigenvalue weighted by molar-refractivity contribution is 0.108. The Morgan fingerprint density at radius 3 is 2.84 bits per heavy atom. The normalized spacial score (nSPS) is 19.9. The van der Waals surface area contributed by atoms with Crippen molar-refractivity contribution in [3.63, 3.8) is 0 Å². The molecule has 3 heterocycles. The molecule has 0 spiro atoms. The Morgan fingerprint density at radius 1 is 1.20 bits per heavy atom. The predicted octanol–water partition coefficient (Wildman–Crippen LogP) is 4.44. The Balaban J connectivity index is 1.98. The van der Waals surface area contributed by atoms with Gasteiger partial charge >= 0.3 is 0 Å². The summed E-state index contributed by atoms with van der Waals surface area (Å²) in [5.74, 6) is 0. The van der Waals surface area contributed by atoms with Gasteiger partial charge in [0.25, 0.3) is 0 Å². The molecule has 25 heavy (non-hydrogen) atoms. The summed E-state index contributed by atoms with van der Waals surface area (Å²) in [6.45, 7) is 2.76. The van der Waals surface area contributed by atoms with E-state index in [2.05, 4.69) is 17.1 Å². The maximum absolute atomic E-state index is 10.0. The first-order valence-electron chi connectivity index (χ1n) is 9.28. The van der Waals surface area contributed by atoms with Gasteiger partial charge in [0.1, 0.15) is 12.2 Å². The van der Waals surface area contributed by atoms with Gasteiger partial charge < -0.3 is 4.74 Å². The van der Waals surface area contributed by atoms with Crippen molar-refractivity contribution in [1.82, 2.24) is 9.97 Å². The summed E-state index contributed by atoms with van der Waals surface area (Å²) in [4.78, 5) is 9.30. The minimum atomic E-state index is -0.0371. The molecule has 2 aromatic rings. The number of nitrogens with zero attached hydrogens (tertiary/aromatic N) is 3. The van der Waals surface area contributed by atoms with E-state index in [0.717, 1.165) is 61.2 Å². The highest BCUT2D eigenvalue weighted by Gasteiger charge is 2.28. The molecule has 0 aromatic carbocycles. The lowest BCUT2D eigenvalue weighted by Crippen LogP contribution is -2.11. The molecule has 0 radical (unpaired) electrons. The van der Waals surface area contributed by atoms with Gasteiger partial charge in [-0.2, -0.15) is 5.26 Å². The van der Waals surface area contributed by atoms with Crippen molar-refractivity contribution < 1.29 is 4.74 Å². The van der Waals surface area contributed by atoms with Gasteiger partial charge in [-0.05, 0) is 68.7 Å². The van der Waals surface area contributed by atoms with Crippen molar-refractivity contribution in [3.05, 3.63) is 46.5 Å². The number of pyridine rings is 2. The predicted molar refractivity (Wildman–Crippen MR) is 96.1 cm³/mol. The monoisotopic (exact) mass is 333 g/mol. The molecule has 2 aliphatic rings. The first-order valence-corrected chi connectivity index (χ1v) is 9.28. The van der Waals surface area contributed by atoms with Gasteiger partial charge in [-0.25, -0.2) is 0 Å². The molecule has 1 aliphatic carbocycles. The zero-order valence-electron chi connectivity index (χ0n) is 14.7. The van der Waals surface area contributed by atoms with Crippen LogP contribution in [0.3, 0.4) is 0 Å².